The van der Waals surface area contributed by atoms with Gasteiger partial charge in [0.2, 0.25) is 0 Å². The summed E-state index contributed by atoms with van der Waals surface area (Å²) in [5.41, 5.74) is 1.92. The van der Waals surface area contributed by atoms with Crippen molar-refractivity contribution in [2.24, 2.45) is 4.99 Å². The SMILES string of the molecule is CCOc1ccc(CNC(=NC)NCc2ccc(OC)cc2)cc1F. The molecule has 6 heteroatoms. The summed E-state index contributed by atoms with van der Waals surface area (Å²) < 4.78 is 24.2. The van der Waals surface area contributed by atoms with E-state index in [0.717, 1.165) is 16.9 Å². The number of guanidine groups is 1. The number of halogens is 1. The van der Waals surface area contributed by atoms with Crippen LogP contribution in [0, 0.1) is 5.82 Å². The molecule has 0 radical (unpaired) electrons. The Morgan fingerprint density at radius 1 is 1.04 bits per heavy atom. The summed E-state index contributed by atoms with van der Waals surface area (Å²) in [5.74, 6) is 1.38. The molecule has 0 aliphatic heterocycles. The van der Waals surface area contributed by atoms with E-state index in [2.05, 4.69) is 15.6 Å². The van der Waals surface area contributed by atoms with Gasteiger partial charge in [-0.05, 0) is 42.3 Å². The van der Waals surface area contributed by atoms with Crippen LogP contribution >= 0.6 is 0 Å². The minimum absolute atomic E-state index is 0.272. The van der Waals surface area contributed by atoms with E-state index in [9.17, 15) is 4.39 Å². The number of nitrogens with zero attached hydrogens (tertiary/aromatic N) is 1. The fourth-order valence-electron chi connectivity index (χ4n) is 2.26. The maximum absolute atomic E-state index is 13.9. The first-order valence-corrected chi connectivity index (χ1v) is 8.15. The summed E-state index contributed by atoms with van der Waals surface area (Å²) in [6.07, 6.45) is 0. The molecule has 5 nitrogen and oxygen atoms in total. The lowest BCUT2D eigenvalue weighted by atomic mass is 10.2. The van der Waals surface area contributed by atoms with Crippen LogP contribution in [-0.2, 0) is 13.1 Å². The number of benzene rings is 2. The van der Waals surface area contributed by atoms with Crippen LogP contribution in [0.5, 0.6) is 11.5 Å². The van der Waals surface area contributed by atoms with Gasteiger partial charge in [0.15, 0.2) is 17.5 Å². The molecule has 2 aromatic rings. The van der Waals surface area contributed by atoms with Crippen molar-refractivity contribution in [3.05, 3.63) is 59.4 Å². The lowest BCUT2D eigenvalue weighted by Gasteiger charge is -2.13. The van der Waals surface area contributed by atoms with E-state index < -0.39 is 0 Å². The van der Waals surface area contributed by atoms with E-state index in [1.54, 1.807) is 20.2 Å². The smallest absolute Gasteiger partial charge is 0.191 e. The average Bonchev–Trinajstić information content (AvgIpc) is 2.64. The van der Waals surface area contributed by atoms with Crippen LogP contribution in [0.15, 0.2) is 47.5 Å². The number of methoxy groups -OCH3 is 1. The molecule has 25 heavy (non-hydrogen) atoms. The van der Waals surface area contributed by atoms with Gasteiger partial charge >= 0.3 is 0 Å². The molecule has 0 spiro atoms. The van der Waals surface area contributed by atoms with Gasteiger partial charge < -0.3 is 20.1 Å². The average molecular weight is 345 g/mol. The zero-order valence-corrected chi connectivity index (χ0v) is 14.8. The third kappa shape index (κ3) is 5.67. The third-order valence-electron chi connectivity index (χ3n) is 3.60. The molecule has 0 heterocycles. The second-order valence-electron chi connectivity index (χ2n) is 5.33. The van der Waals surface area contributed by atoms with E-state index >= 15 is 0 Å². The zero-order chi connectivity index (χ0) is 18.1. The monoisotopic (exact) mass is 345 g/mol. The summed E-state index contributed by atoms with van der Waals surface area (Å²) in [5, 5.41) is 6.38. The number of nitrogens with one attached hydrogen (secondary N) is 2. The van der Waals surface area contributed by atoms with E-state index in [-0.39, 0.29) is 11.6 Å². The van der Waals surface area contributed by atoms with Gasteiger partial charge in [-0.3, -0.25) is 4.99 Å². The highest BCUT2D eigenvalue weighted by molar-refractivity contribution is 5.79. The summed E-state index contributed by atoms with van der Waals surface area (Å²) in [6.45, 7) is 3.36. The molecule has 2 N–H and O–H groups in total. The van der Waals surface area contributed by atoms with Crippen molar-refractivity contribution >= 4 is 5.96 Å². The molecule has 0 atom stereocenters. The number of rotatable bonds is 7. The van der Waals surface area contributed by atoms with Crippen molar-refractivity contribution in [2.45, 2.75) is 20.0 Å². The van der Waals surface area contributed by atoms with Gasteiger partial charge in [0.1, 0.15) is 5.75 Å². The summed E-state index contributed by atoms with van der Waals surface area (Å²) >= 11 is 0. The minimum Gasteiger partial charge on any atom is -0.497 e. The second-order valence-corrected chi connectivity index (χ2v) is 5.33. The largest absolute Gasteiger partial charge is 0.497 e. The fraction of sp³-hybridized carbons (Fsp3) is 0.316. The van der Waals surface area contributed by atoms with Gasteiger partial charge in [0.05, 0.1) is 13.7 Å². The summed E-state index contributed by atoms with van der Waals surface area (Å²) in [4.78, 5) is 4.17. The molecule has 0 saturated heterocycles. The van der Waals surface area contributed by atoms with Gasteiger partial charge in [0.25, 0.3) is 0 Å². The topological polar surface area (TPSA) is 54.9 Å². The number of aliphatic imine (C=N–C) groups is 1. The van der Waals surface area contributed by atoms with Gasteiger partial charge in [-0.15, -0.1) is 0 Å². The highest BCUT2D eigenvalue weighted by Gasteiger charge is 2.05. The molecule has 0 fully saturated rings. The van der Waals surface area contributed by atoms with Crippen molar-refractivity contribution in [3.63, 3.8) is 0 Å². The maximum Gasteiger partial charge on any atom is 0.191 e. The summed E-state index contributed by atoms with van der Waals surface area (Å²) in [6, 6.07) is 12.7. The lowest BCUT2D eigenvalue weighted by molar-refractivity contribution is 0.321. The first kappa shape index (κ1) is 18.6. The molecule has 0 bridgehead atoms. The molecule has 0 aromatic heterocycles. The Morgan fingerprint density at radius 3 is 2.24 bits per heavy atom. The Hall–Kier alpha value is -2.76. The Balaban J connectivity index is 1.86. The van der Waals surface area contributed by atoms with E-state index in [1.807, 2.05) is 37.3 Å². The van der Waals surface area contributed by atoms with Gasteiger partial charge in [-0.2, -0.15) is 0 Å². The Bertz CT molecular complexity index is 702. The van der Waals surface area contributed by atoms with Crippen molar-refractivity contribution in [1.82, 2.24) is 10.6 Å². The third-order valence-corrected chi connectivity index (χ3v) is 3.60. The standard InChI is InChI=1S/C19H24FN3O2/c1-4-25-18-10-7-15(11-17(18)20)13-23-19(21-2)22-12-14-5-8-16(24-3)9-6-14/h5-11H,4,12-13H2,1-3H3,(H2,21,22,23). The minimum atomic E-state index is -0.359. The van der Waals surface area contributed by atoms with Gasteiger partial charge in [0, 0.05) is 20.1 Å². The molecule has 0 unspecified atom stereocenters. The first-order valence-electron chi connectivity index (χ1n) is 8.15. The van der Waals surface area contributed by atoms with Gasteiger partial charge in [-0.25, -0.2) is 4.39 Å². The molecule has 134 valence electrons. The predicted molar refractivity (Wildman–Crippen MR) is 97.6 cm³/mol. The van der Waals surface area contributed by atoms with Crippen molar-refractivity contribution < 1.29 is 13.9 Å². The lowest BCUT2D eigenvalue weighted by Crippen LogP contribution is -2.36. The van der Waals surface area contributed by atoms with Crippen LogP contribution in [0.3, 0.4) is 0 Å². The van der Waals surface area contributed by atoms with Crippen molar-refractivity contribution in [1.29, 1.82) is 0 Å². The Labute approximate surface area is 147 Å². The Kier molecular flexibility index (Phi) is 7.07. The molecule has 0 aliphatic carbocycles. The normalized spacial score (nSPS) is 11.1. The second kappa shape index (κ2) is 9.52. The Morgan fingerprint density at radius 2 is 1.68 bits per heavy atom. The molecule has 2 rings (SSSR count). The van der Waals surface area contributed by atoms with E-state index in [1.165, 1.54) is 6.07 Å². The van der Waals surface area contributed by atoms with Gasteiger partial charge in [-0.1, -0.05) is 18.2 Å². The predicted octanol–water partition coefficient (Wildman–Crippen LogP) is 3.10. The van der Waals surface area contributed by atoms with Crippen molar-refractivity contribution in [3.8, 4) is 11.5 Å². The highest BCUT2D eigenvalue weighted by Crippen LogP contribution is 2.18. The van der Waals surface area contributed by atoms with E-state index in [0.29, 0.717) is 25.7 Å². The number of hydrogen-bond donors (Lipinski definition) is 2. The van der Waals surface area contributed by atoms with Crippen LogP contribution in [-0.4, -0.2) is 26.7 Å². The van der Waals surface area contributed by atoms with E-state index in [4.69, 9.17) is 9.47 Å². The summed E-state index contributed by atoms with van der Waals surface area (Å²) in [7, 11) is 3.34. The van der Waals surface area contributed by atoms with Crippen molar-refractivity contribution in [2.75, 3.05) is 20.8 Å². The molecule has 0 aliphatic rings. The van der Waals surface area contributed by atoms with Crippen LogP contribution in [0.4, 0.5) is 4.39 Å². The number of ether oxygens (including phenoxy) is 2. The molecular weight excluding hydrogens is 321 g/mol. The fourth-order valence-corrected chi connectivity index (χ4v) is 2.26. The quantitative estimate of drug-likeness (QED) is 0.598. The first-order chi connectivity index (χ1) is 12.2. The highest BCUT2D eigenvalue weighted by atomic mass is 19.1. The maximum atomic E-state index is 13.9. The molecule has 2 aromatic carbocycles. The van der Waals surface area contributed by atoms with Crippen LogP contribution < -0.4 is 20.1 Å². The van der Waals surface area contributed by atoms with Crippen LogP contribution in [0.2, 0.25) is 0 Å². The molecular formula is C19H24FN3O2. The zero-order valence-electron chi connectivity index (χ0n) is 14.8. The molecule has 0 saturated carbocycles. The van der Waals surface area contributed by atoms with Crippen LogP contribution in [0.1, 0.15) is 18.1 Å². The van der Waals surface area contributed by atoms with Crippen LogP contribution in [0.25, 0.3) is 0 Å². The molecule has 0 amide bonds. The number of hydrogen-bond acceptors (Lipinski definition) is 3.